The van der Waals surface area contributed by atoms with E-state index in [-0.39, 0.29) is 5.82 Å². The highest BCUT2D eigenvalue weighted by Crippen LogP contribution is 2.38. The molecule has 5 aromatic rings. The first kappa shape index (κ1) is 21.1. The lowest BCUT2D eigenvalue weighted by Crippen LogP contribution is -2.32. The fourth-order valence-electron chi connectivity index (χ4n) is 4.42. The fraction of sp³-hybridized carbons (Fsp3) is 0.185. The minimum absolute atomic E-state index is 0.367. The Morgan fingerprint density at radius 2 is 1.55 bits per heavy atom. The van der Waals surface area contributed by atoms with E-state index < -0.39 is 5.60 Å². The average Bonchev–Trinajstić information content (AvgIpc) is 3.48. The van der Waals surface area contributed by atoms with Gasteiger partial charge in [0, 0.05) is 36.5 Å². The molecule has 33 heavy (non-hydrogen) atoms. The Labute approximate surface area is 191 Å². The predicted octanol–water partition coefficient (Wildman–Crippen LogP) is 5.36. The summed E-state index contributed by atoms with van der Waals surface area (Å²) in [5.41, 5.74) is 2.34. The van der Waals surface area contributed by atoms with Crippen molar-refractivity contribution in [1.29, 1.82) is 0 Å². The zero-order valence-corrected chi connectivity index (χ0v) is 18.6. The van der Waals surface area contributed by atoms with Crippen molar-refractivity contribution < 1.29 is 9.50 Å². The first-order chi connectivity index (χ1) is 16.1. The van der Waals surface area contributed by atoms with E-state index in [1.165, 1.54) is 6.07 Å². The van der Waals surface area contributed by atoms with Gasteiger partial charge in [0.15, 0.2) is 11.4 Å². The Balaban J connectivity index is 1.77. The van der Waals surface area contributed by atoms with Crippen LogP contribution in [0.25, 0.3) is 22.2 Å². The van der Waals surface area contributed by atoms with E-state index in [0.29, 0.717) is 46.7 Å². The SMILES string of the molecule is CCn1cc(-c2cc3c(cc2F)nc(C(O)(c2ccccc2)c2ccccc2)n3CC)cn1. The summed E-state index contributed by atoms with van der Waals surface area (Å²) in [4.78, 5) is 4.78. The van der Waals surface area contributed by atoms with Crippen molar-refractivity contribution in [2.24, 2.45) is 0 Å². The van der Waals surface area contributed by atoms with Crippen molar-refractivity contribution in [3.8, 4) is 11.1 Å². The fourth-order valence-corrected chi connectivity index (χ4v) is 4.42. The predicted molar refractivity (Wildman–Crippen MR) is 127 cm³/mol. The van der Waals surface area contributed by atoms with Gasteiger partial charge in [-0.15, -0.1) is 0 Å². The van der Waals surface area contributed by atoms with Gasteiger partial charge in [0.05, 0.1) is 17.2 Å². The van der Waals surface area contributed by atoms with Gasteiger partial charge in [0.25, 0.3) is 0 Å². The number of hydrogen-bond donors (Lipinski definition) is 1. The van der Waals surface area contributed by atoms with Crippen molar-refractivity contribution >= 4 is 11.0 Å². The standard InChI is InChI=1S/C27H25FN4O/c1-3-31-18-19(17-29-31)22-15-25-24(16-23(22)28)30-26(32(25)4-2)27(33,20-11-7-5-8-12-20)21-13-9-6-10-14-21/h5-18,33H,3-4H2,1-2H3. The van der Waals surface area contributed by atoms with Crippen LogP contribution in [0, 0.1) is 5.82 Å². The minimum Gasteiger partial charge on any atom is -0.373 e. The third-order valence-corrected chi connectivity index (χ3v) is 6.13. The topological polar surface area (TPSA) is 55.9 Å². The summed E-state index contributed by atoms with van der Waals surface area (Å²) in [6, 6.07) is 22.2. The minimum atomic E-state index is -1.50. The Morgan fingerprint density at radius 1 is 0.909 bits per heavy atom. The van der Waals surface area contributed by atoms with E-state index in [4.69, 9.17) is 4.98 Å². The Morgan fingerprint density at radius 3 is 2.09 bits per heavy atom. The van der Waals surface area contributed by atoms with E-state index in [2.05, 4.69) is 5.10 Å². The molecule has 0 radical (unpaired) electrons. The number of nitrogens with zero attached hydrogens (tertiary/aromatic N) is 4. The van der Waals surface area contributed by atoms with Gasteiger partial charge in [-0.1, -0.05) is 60.7 Å². The number of aliphatic hydroxyl groups is 1. The van der Waals surface area contributed by atoms with Crippen LogP contribution in [0.3, 0.4) is 0 Å². The van der Waals surface area contributed by atoms with Crippen molar-refractivity contribution in [3.05, 3.63) is 108 Å². The summed E-state index contributed by atoms with van der Waals surface area (Å²) < 4.78 is 18.9. The second kappa shape index (κ2) is 8.30. The molecule has 2 heterocycles. The molecular weight excluding hydrogens is 415 g/mol. The third kappa shape index (κ3) is 3.43. The van der Waals surface area contributed by atoms with Gasteiger partial charge in [-0.3, -0.25) is 4.68 Å². The molecule has 0 spiro atoms. The molecule has 0 aliphatic rings. The average molecular weight is 441 g/mol. The lowest BCUT2D eigenvalue weighted by molar-refractivity contribution is 0.112. The lowest BCUT2D eigenvalue weighted by Gasteiger charge is -2.29. The van der Waals surface area contributed by atoms with Gasteiger partial charge in [0.2, 0.25) is 0 Å². The van der Waals surface area contributed by atoms with Crippen LogP contribution in [-0.4, -0.2) is 24.4 Å². The molecule has 0 aliphatic carbocycles. The van der Waals surface area contributed by atoms with Crippen molar-refractivity contribution in [2.75, 3.05) is 0 Å². The highest BCUT2D eigenvalue weighted by Gasteiger charge is 2.38. The Hall–Kier alpha value is -3.77. The quantitative estimate of drug-likeness (QED) is 0.387. The lowest BCUT2D eigenvalue weighted by atomic mass is 9.85. The molecule has 166 valence electrons. The number of imidazole rings is 1. The number of halogens is 1. The molecule has 0 unspecified atom stereocenters. The first-order valence-corrected chi connectivity index (χ1v) is 11.1. The Kier molecular flexibility index (Phi) is 5.30. The maximum absolute atomic E-state index is 15.2. The van der Waals surface area contributed by atoms with Gasteiger partial charge in [-0.05, 0) is 31.0 Å². The smallest absolute Gasteiger partial charge is 0.173 e. The second-order valence-corrected chi connectivity index (χ2v) is 8.03. The van der Waals surface area contributed by atoms with Gasteiger partial charge >= 0.3 is 0 Å². The van der Waals surface area contributed by atoms with Crippen molar-refractivity contribution in [2.45, 2.75) is 32.5 Å². The van der Waals surface area contributed by atoms with Crippen molar-refractivity contribution in [3.63, 3.8) is 0 Å². The van der Waals surface area contributed by atoms with Crippen LogP contribution in [0.15, 0.2) is 85.2 Å². The Bertz CT molecular complexity index is 1370. The summed E-state index contributed by atoms with van der Waals surface area (Å²) in [5, 5.41) is 16.5. The molecule has 5 rings (SSSR count). The molecule has 0 fully saturated rings. The normalized spacial score (nSPS) is 11.9. The number of rotatable bonds is 6. The monoisotopic (exact) mass is 440 g/mol. The molecule has 0 amide bonds. The van der Waals surface area contributed by atoms with E-state index in [0.717, 1.165) is 5.52 Å². The summed E-state index contributed by atoms with van der Waals surface area (Å²) in [6.07, 6.45) is 3.51. The number of benzene rings is 3. The largest absolute Gasteiger partial charge is 0.373 e. The van der Waals surface area contributed by atoms with Gasteiger partial charge in [-0.2, -0.15) is 5.10 Å². The number of hydrogen-bond acceptors (Lipinski definition) is 3. The van der Waals surface area contributed by atoms with Crippen molar-refractivity contribution in [1.82, 2.24) is 19.3 Å². The van der Waals surface area contributed by atoms with Gasteiger partial charge in [-0.25, -0.2) is 9.37 Å². The van der Waals surface area contributed by atoms with Crippen LogP contribution in [0.1, 0.15) is 30.8 Å². The number of aromatic nitrogens is 4. The first-order valence-electron chi connectivity index (χ1n) is 11.1. The molecule has 5 nitrogen and oxygen atoms in total. The molecule has 0 saturated heterocycles. The molecular formula is C27H25FN4O. The molecule has 0 aliphatic heterocycles. The molecule has 0 bridgehead atoms. The maximum Gasteiger partial charge on any atom is 0.173 e. The highest BCUT2D eigenvalue weighted by atomic mass is 19.1. The van der Waals surface area contributed by atoms with E-state index in [1.54, 1.807) is 16.9 Å². The number of aryl methyl sites for hydroxylation is 2. The summed E-state index contributed by atoms with van der Waals surface area (Å²) in [7, 11) is 0. The van der Waals surface area contributed by atoms with Crippen LogP contribution in [0.5, 0.6) is 0 Å². The van der Waals surface area contributed by atoms with Crippen LogP contribution in [0.2, 0.25) is 0 Å². The zero-order chi connectivity index (χ0) is 23.0. The summed E-state index contributed by atoms with van der Waals surface area (Å²) in [5.74, 6) is 0.0895. The van der Waals surface area contributed by atoms with Crippen LogP contribution in [0.4, 0.5) is 4.39 Å². The maximum atomic E-state index is 15.2. The molecule has 3 aromatic carbocycles. The third-order valence-electron chi connectivity index (χ3n) is 6.13. The molecule has 1 N–H and O–H groups in total. The molecule has 2 aromatic heterocycles. The van der Waals surface area contributed by atoms with E-state index in [9.17, 15) is 5.11 Å². The second-order valence-electron chi connectivity index (χ2n) is 8.03. The molecule has 6 heteroatoms. The highest BCUT2D eigenvalue weighted by molar-refractivity contribution is 5.83. The van der Waals surface area contributed by atoms with Crippen LogP contribution >= 0.6 is 0 Å². The zero-order valence-electron chi connectivity index (χ0n) is 18.6. The number of fused-ring (bicyclic) bond motifs is 1. The molecule has 0 saturated carbocycles. The molecule has 0 atom stereocenters. The van der Waals surface area contributed by atoms with E-state index >= 15 is 4.39 Å². The summed E-state index contributed by atoms with van der Waals surface area (Å²) >= 11 is 0. The van der Waals surface area contributed by atoms with E-state index in [1.807, 2.05) is 85.3 Å². The summed E-state index contributed by atoms with van der Waals surface area (Å²) in [6.45, 7) is 5.26. The van der Waals surface area contributed by atoms with Gasteiger partial charge < -0.3 is 9.67 Å². The van der Waals surface area contributed by atoms with Crippen LogP contribution in [-0.2, 0) is 18.7 Å². The van der Waals surface area contributed by atoms with Gasteiger partial charge in [0.1, 0.15) is 5.82 Å². The van der Waals surface area contributed by atoms with Crippen LogP contribution < -0.4 is 0 Å².